The molecule has 2 rings (SSSR count). The SMILES string of the molecule is C#CC(CCC)N1CC(c2ccccc2)NCC1C. The minimum Gasteiger partial charge on any atom is -0.307 e. The zero-order valence-electron chi connectivity index (χ0n) is 12.0. The standard InChI is InChI=1S/C17H24N2/c1-4-9-16(5-2)19-13-17(18-12-14(19)3)15-10-7-6-8-11-15/h2,6-8,10-11,14,16-18H,4,9,12-13H2,1,3H3. The second-order valence-corrected chi connectivity index (χ2v) is 5.39. The van der Waals surface area contributed by atoms with Gasteiger partial charge in [0.2, 0.25) is 0 Å². The van der Waals surface area contributed by atoms with Gasteiger partial charge in [0.05, 0.1) is 6.04 Å². The molecule has 102 valence electrons. The third-order valence-electron chi connectivity index (χ3n) is 3.98. The van der Waals surface area contributed by atoms with Crippen LogP contribution in [-0.2, 0) is 0 Å². The lowest BCUT2D eigenvalue weighted by Crippen LogP contribution is -2.54. The van der Waals surface area contributed by atoms with Gasteiger partial charge in [0, 0.05) is 25.2 Å². The summed E-state index contributed by atoms with van der Waals surface area (Å²) >= 11 is 0. The van der Waals surface area contributed by atoms with Crippen LogP contribution in [0.5, 0.6) is 0 Å². The van der Waals surface area contributed by atoms with Crippen LogP contribution in [0.4, 0.5) is 0 Å². The first-order valence-corrected chi connectivity index (χ1v) is 7.26. The summed E-state index contributed by atoms with van der Waals surface area (Å²) in [5.41, 5.74) is 1.35. The first-order valence-electron chi connectivity index (χ1n) is 7.26. The molecule has 1 aliphatic rings. The minimum absolute atomic E-state index is 0.272. The third kappa shape index (κ3) is 3.37. The molecule has 0 aliphatic carbocycles. The monoisotopic (exact) mass is 256 g/mol. The highest BCUT2D eigenvalue weighted by molar-refractivity contribution is 5.20. The highest BCUT2D eigenvalue weighted by atomic mass is 15.2. The number of nitrogens with zero attached hydrogens (tertiary/aromatic N) is 1. The van der Waals surface area contributed by atoms with Crippen LogP contribution in [0.1, 0.15) is 38.3 Å². The molecular weight excluding hydrogens is 232 g/mol. The van der Waals surface area contributed by atoms with E-state index in [0.717, 1.165) is 25.9 Å². The summed E-state index contributed by atoms with van der Waals surface area (Å²) in [4.78, 5) is 2.48. The van der Waals surface area contributed by atoms with Crippen molar-refractivity contribution < 1.29 is 0 Å². The van der Waals surface area contributed by atoms with Gasteiger partial charge in [-0.25, -0.2) is 0 Å². The zero-order valence-corrected chi connectivity index (χ0v) is 12.0. The Morgan fingerprint density at radius 2 is 2.16 bits per heavy atom. The molecule has 1 aromatic carbocycles. The van der Waals surface area contributed by atoms with E-state index in [4.69, 9.17) is 6.42 Å². The predicted molar refractivity (Wildman–Crippen MR) is 80.9 cm³/mol. The molecule has 1 aromatic rings. The Labute approximate surface area is 117 Å². The van der Waals surface area contributed by atoms with E-state index in [0.29, 0.717) is 12.1 Å². The summed E-state index contributed by atoms with van der Waals surface area (Å²) in [6.45, 7) is 6.46. The van der Waals surface area contributed by atoms with Gasteiger partial charge in [-0.1, -0.05) is 49.6 Å². The summed E-state index contributed by atoms with van der Waals surface area (Å²) in [7, 11) is 0. The number of hydrogen-bond donors (Lipinski definition) is 1. The average Bonchev–Trinajstić information content (AvgIpc) is 2.46. The molecule has 1 N–H and O–H groups in total. The van der Waals surface area contributed by atoms with Gasteiger partial charge in [0.25, 0.3) is 0 Å². The van der Waals surface area contributed by atoms with E-state index in [-0.39, 0.29) is 6.04 Å². The molecule has 0 amide bonds. The van der Waals surface area contributed by atoms with Crippen molar-refractivity contribution in [3.05, 3.63) is 35.9 Å². The van der Waals surface area contributed by atoms with Crippen molar-refractivity contribution in [3.63, 3.8) is 0 Å². The number of hydrogen-bond acceptors (Lipinski definition) is 2. The molecule has 1 aliphatic heterocycles. The molecule has 0 radical (unpaired) electrons. The van der Waals surface area contributed by atoms with E-state index in [9.17, 15) is 0 Å². The summed E-state index contributed by atoms with van der Waals surface area (Å²) in [6, 6.07) is 11.8. The number of nitrogens with one attached hydrogen (secondary N) is 1. The average molecular weight is 256 g/mol. The molecule has 3 unspecified atom stereocenters. The summed E-state index contributed by atoms with van der Waals surface area (Å²) < 4.78 is 0. The molecule has 0 saturated carbocycles. The van der Waals surface area contributed by atoms with Gasteiger partial charge >= 0.3 is 0 Å². The summed E-state index contributed by atoms with van der Waals surface area (Å²) in [5.74, 6) is 2.97. The highest BCUT2D eigenvalue weighted by Crippen LogP contribution is 2.22. The Balaban J connectivity index is 2.10. The third-order valence-corrected chi connectivity index (χ3v) is 3.98. The predicted octanol–water partition coefficient (Wildman–Crippen LogP) is 2.82. The van der Waals surface area contributed by atoms with Crippen molar-refractivity contribution in [2.45, 2.75) is 44.8 Å². The van der Waals surface area contributed by atoms with E-state index in [1.165, 1.54) is 5.56 Å². The van der Waals surface area contributed by atoms with Crippen molar-refractivity contribution in [1.82, 2.24) is 10.2 Å². The Kier molecular flexibility index (Phi) is 5.01. The Morgan fingerprint density at radius 3 is 2.79 bits per heavy atom. The van der Waals surface area contributed by atoms with Crippen molar-refractivity contribution in [2.75, 3.05) is 13.1 Å². The maximum absolute atomic E-state index is 5.72. The van der Waals surface area contributed by atoms with Gasteiger partial charge in [-0.3, -0.25) is 4.90 Å². The van der Waals surface area contributed by atoms with Crippen LogP contribution in [0.25, 0.3) is 0 Å². The van der Waals surface area contributed by atoms with E-state index in [1.807, 2.05) is 0 Å². The second-order valence-electron chi connectivity index (χ2n) is 5.39. The lowest BCUT2D eigenvalue weighted by Gasteiger charge is -2.42. The number of terminal acetylenes is 1. The van der Waals surface area contributed by atoms with Crippen molar-refractivity contribution in [2.24, 2.45) is 0 Å². The minimum atomic E-state index is 0.272. The van der Waals surface area contributed by atoms with Gasteiger partial charge in [-0.15, -0.1) is 6.42 Å². The number of rotatable bonds is 4. The van der Waals surface area contributed by atoms with Crippen LogP contribution in [-0.4, -0.2) is 30.1 Å². The van der Waals surface area contributed by atoms with Gasteiger partial charge < -0.3 is 5.32 Å². The normalized spacial score (nSPS) is 25.7. The lowest BCUT2D eigenvalue weighted by atomic mass is 9.99. The quantitative estimate of drug-likeness (QED) is 0.833. The molecule has 0 aromatic heterocycles. The maximum Gasteiger partial charge on any atom is 0.0715 e. The first kappa shape index (κ1) is 14.1. The zero-order chi connectivity index (χ0) is 13.7. The summed E-state index contributed by atoms with van der Waals surface area (Å²) in [5, 5.41) is 3.63. The molecular formula is C17H24N2. The van der Waals surface area contributed by atoms with Crippen LogP contribution >= 0.6 is 0 Å². The molecule has 2 heteroatoms. The number of benzene rings is 1. The van der Waals surface area contributed by atoms with Gasteiger partial charge in [-0.2, -0.15) is 0 Å². The second kappa shape index (κ2) is 6.75. The highest BCUT2D eigenvalue weighted by Gasteiger charge is 2.29. The topological polar surface area (TPSA) is 15.3 Å². The molecule has 3 atom stereocenters. The number of piperazine rings is 1. The van der Waals surface area contributed by atoms with E-state index in [2.05, 4.69) is 60.3 Å². The van der Waals surface area contributed by atoms with Crippen LogP contribution in [0, 0.1) is 12.3 Å². The first-order chi connectivity index (χ1) is 9.26. The van der Waals surface area contributed by atoms with Crippen LogP contribution in [0.3, 0.4) is 0 Å². The molecule has 1 saturated heterocycles. The molecule has 2 nitrogen and oxygen atoms in total. The van der Waals surface area contributed by atoms with E-state index >= 15 is 0 Å². The maximum atomic E-state index is 5.72. The molecule has 19 heavy (non-hydrogen) atoms. The fourth-order valence-corrected chi connectivity index (χ4v) is 2.85. The van der Waals surface area contributed by atoms with Crippen LogP contribution in [0.15, 0.2) is 30.3 Å². The van der Waals surface area contributed by atoms with Crippen molar-refractivity contribution >= 4 is 0 Å². The Hall–Kier alpha value is -1.30. The largest absolute Gasteiger partial charge is 0.307 e. The lowest BCUT2D eigenvalue weighted by molar-refractivity contribution is 0.111. The molecule has 1 heterocycles. The van der Waals surface area contributed by atoms with Gasteiger partial charge in [-0.05, 0) is 18.9 Å². The smallest absolute Gasteiger partial charge is 0.0715 e. The fraction of sp³-hybridized carbons (Fsp3) is 0.529. The van der Waals surface area contributed by atoms with Crippen molar-refractivity contribution in [1.29, 1.82) is 0 Å². The van der Waals surface area contributed by atoms with Crippen molar-refractivity contribution in [3.8, 4) is 12.3 Å². The molecule has 1 fully saturated rings. The van der Waals surface area contributed by atoms with E-state index < -0.39 is 0 Å². The van der Waals surface area contributed by atoms with Crippen LogP contribution < -0.4 is 5.32 Å². The fourth-order valence-electron chi connectivity index (χ4n) is 2.85. The Morgan fingerprint density at radius 1 is 1.42 bits per heavy atom. The molecule has 0 spiro atoms. The van der Waals surface area contributed by atoms with E-state index in [1.54, 1.807) is 0 Å². The van der Waals surface area contributed by atoms with Gasteiger partial charge in [0.1, 0.15) is 0 Å². The molecule has 0 bridgehead atoms. The summed E-state index contributed by atoms with van der Waals surface area (Å²) in [6.07, 6.45) is 7.95. The Bertz CT molecular complexity index is 421. The van der Waals surface area contributed by atoms with Gasteiger partial charge in [0.15, 0.2) is 0 Å². The van der Waals surface area contributed by atoms with Crippen LogP contribution in [0.2, 0.25) is 0 Å².